The fraction of sp³-hybridized carbons (Fsp3) is 0.467. The first-order valence-electron chi connectivity index (χ1n) is 6.90. The van der Waals surface area contributed by atoms with Gasteiger partial charge in [0.1, 0.15) is 12.4 Å². The van der Waals surface area contributed by atoms with Crippen molar-refractivity contribution >= 4 is 17.2 Å². The molecular weight excluding hydrogens is 270 g/mol. The van der Waals surface area contributed by atoms with E-state index in [0.717, 1.165) is 12.2 Å². The number of aryl methyl sites for hydroxylation is 1. The summed E-state index contributed by atoms with van der Waals surface area (Å²) in [6.45, 7) is 7.18. The van der Waals surface area contributed by atoms with Crippen LogP contribution in [0.15, 0.2) is 29.2 Å². The molecule has 0 saturated carbocycles. The fourth-order valence-electron chi connectivity index (χ4n) is 2.10. The summed E-state index contributed by atoms with van der Waals surface area (Å²) < 4.78 is 1.89. The van der Waals surface area contributed by atoms with E-state index < -0.39 is 0 Å². The van der Waals surface area contributed by atoms with Gasteiger partial charge in [0.25, 0.3) is 0 Å². The van der Waals surface area contributed by atoms with Crippen LogP contribution in [0.4, 0.5) is 0 Å². The van der Waals surface area contributed by atoms with Gasteiger partial charge in [-0.2, -0.15) is 11.3 Å². The Bertz CT molecular complexity index is 547. The van der Waals surface area contributed by atoms with Crippen LogP contribution < -0.4 is 0 Å². The van der Waals surface area contributed by atoms with Crippen LogP contribution in [0.5, 0.6) is 0 Å². The Morgan fingerprint density at radius 2 is 2.35 bits per heavy atom. The van der Waals surface area contributed by atoms with Gasteiger partial charge in [-0.05, 0) is 42.7 Å². The zero-order valence-corrected chi connectivity index (χ0v) is 13.1. The van der Waals surface area contributed by atoms with Crippen molar-refractivity contribution in [1.82, 2.24) is 14.5 Å². The molecule has 0 bridgehead atoms. The molecule has 0 aliphatic carbocycles. The summed E-state index contributed by atoms with van der Waals surface area (Å²) >= 11 is 1.67. The molecule has 108 valence electrons. The summed E-state index contributed by atoms with van der Waals surface area (Å²) in [7, 11) is 0. The second kappa shape index (κ2) is 6.70. The summed E-state index contributed by atoms with van der Waals surface area (Å²) in [5.74, 6) is 1.02. The fourth-order valence-corrected chi connectivity index (χ4v) is 2.76. The number of thiophene rings is 1. The molecule has 20 heavy (non-hydrogen) atoms. The summed E-state index contributed by atoms with van der Waals surface area (Å²) in [4.78, 5) is 18.7. The Morgan fingerprint density at radius 1 is 1.55 bits per heavy atom. The molecule has 2 rings (SSSR count). The zero-order chi connectivity index (χ0) is 14.5. The molecule has 0 radical (unpaired) electrons. The second-order valence-corrected chi connectivity index (χ2v) is 5.79. The Balaban J connectivity index is 2.09. The SMILES string of the molecule is CC[C@@H](C)N(Cc1ccsc1)C(=O)Cn1ccnc1C. The highest BCUT2D eigenvalue weighted by Crippen LogP contribution is 2.14. The lowest BCUT2D eigenvalue weighted by molar-refractivity contribution is -0.134. The van der Waals surface area contributed by atoms with Crippen molar-refractivity contribution in [2.75, 3.05) is 0 Å². The maximum absolute atomic E-state index is 12.6. The molecule has 0 aliphatic heterocycles. The normalized spacial score (nSPS) is 12.3. The topological polar surface area (TPSA) is 38.1 Å². The van der Waals surface area contributed by atoms with Gasteiger partial charge in [-0.3, -0.25) is 4.79 Å². The van der Waals surface area contributed by atoms with E-state index in [1.54, 1.807) is 17.5 Å². The smallest absolute Gasteiger partial charge is 0.243 e. The molecule has 0 unspecified atom stereocenters. The van der Waals surface area contributed by atoms with Gasteiger partial charge in [0, 0.05) is 25.0 Å². The summed E-state index contributed by atoms with van der Waals surface area (Å²) in [6, 6.07) is 2.32. The highest BCUT2D eigenvalue weighted by molar-refractivity contribution is 7.07. The Morgan fingerprint density at radius 3 is 2.90 bits per heavy atom. The molecular formula is C15H21N3OS. The molecule has 5 heteroatoms. The van der Waals surface area contributed by atoms with E-state index in [1.165, 1.54) is 5.56 Å². The molecule has 2 heterocycles. The average Bonchev–Trinajstić information content (AvgIpc) is 3.08. The Hall–Kier alpha value is -1.62. The van der Waals surface area contributed by atoms with Crippen molar-refractivity contribution in [3.8, 4) is 0 Å². The third-order valence-electron chi connectivity index (χ3n) is 3.61. The molecule has 0 aromatic carbocycles. The van der Waals surface area contributed by atoms with Gasteiger partial charge in [0.15, 0.2) is 0 Å². The van der Waals surface area contributed by atoms with Crippen LogP contribution in [0.1, 0.15) is 31.7 Å². The van der Waals surface area contributed by atoms with Crippen molar-refractivity contribution in [1.29, 1.82) is 0 Å². The van der Waals surface area contributed by atoms with Gasteiger partial charge >= 0.3 is 0 Å². The molecule has 0 spiro atoms. The molecule has 1 amide bonds. The molecule has 2 aromatic heterocycles. The number of rotatable bonds is 6. The van der Waals surface area contributed by atoms with E-state index in [-0.39, 0.29) is 11.9 Å². The van der Waals surface area contributed by atoms with E-state index in [2.05, 4.69) is 35.7 Å². The minimum absolute atomic E-state index is 0.145. The van der Waals surface area contributed by atoms with Crippen molar-refractivity contribution in [2.24, 2.45) is 0 Å². The number of hydrogen-bond donors (Lipinski definition) is 0. The first-order valence-corrected chi connectivity index (χ1v) is 7.84. The van der Waals surface area contributed by atoms with Crippen LogP contribution in [0.25, 0.3) is 0 Å². The maximum atomic E-state index is 12.6. The summed E-state index contributed by atoms with van der Waals surface area (Å²) in [5, 5.41) is 4.15. The summed E-state index contributed by atoms with van der Waals surface area (Å²) in [5.41, 5.74) is 1.20. The van der Waals surface area contributed by atoms with Gasteiger partial charge in [0.05, 0.1) is 0 Å². The monoisotopic (exact) mass is 291 g/mol. The molecule has 1 atom stereocenters. The molecule has 0 saturated heterocycles. The predicted octanol–water partition coefficient (Wildman–Crippen LogP) is 3.08. The second-order valence-electron chi connectivity index (χ2n) is 5.01. The molecule has 4 nitrogen and oxygen atoms in total. The van der Waals surface area contributed by atoms with Crippen molar-refractivity contribution in [2.45, 2.75) is 46.3 Å². The van der Waals surface area contributed by atoms with Crippen LogP contribution in [0.2, 0.25) is 0 Å². The van der Waals surface area contributed by atoms with E-state index in [1.807, 2.05) is 22.6 Å². The number of nitrogens with zero attached hydrogens (tertiary/aromatic N) is 3. The van der Waals surface area contributed by atoms with Gasteiger partial charge < -0.3 is 9.47 Å². The highest BCUT2D eigenvalue weighted by Gasteiger charge is 2.20. The van der Waals surface area contributed by atoms with Crippen LogP contribution in [-0.2, 0) is 17.9 Å². The average molecular weight is 291 g/mol. The first kappa shape index (κ1) is 14.8. The van der Waals surface area contributed by atoms with Crippen LogP contribution in [-0.4, -0.2) is 26.4 Å². The van der Waals surface area contributed by atoms with E-state index >= 15 is 0 Å². The van der Waals surface area contributed by atoms with Gasteiger partial charge in [-0.1, -0.05) is 6.92 Å². The predicted molar refractivity (Wildman–Crippen MR) is 81.6 cm³/mol. The minimum Gasteiger partial charge on any atom is -0.334 e. The number of carbonyl (C=O) groups excluding carboxylic acids is 1. The standard InChI is InChI=1S/C15H21N3OS/c1-4-12(2)18(9-14-5-8-20-11-14)15(19)10-17-7-6-16-13(17)3/h5-8,11-12H,4,9-10H2,1-3H3/t12-/m1/s1. The van der Waals surface area contributed by atoms with Crippen LogP contribution >= 0.6 is 11.3 Å². The number of amides is 1. The van der Waals surface area contributed by atoms with Crippen molar-refractivity contribution in [3.05, 3.63) is 40.6 Å². The van der Waals surface area contributed by atoms with Crippen LogP contribution in [0, 0.1) is 6.92 Å². The van der Waals surface area contributed by atoms with Gasteiger partial charge in [-0.15, -0.1) is 0 Å². The Kier molecular flexibility index (Phi) is 4.95. The minimum atomic E-state index is 0.145. The molecule has 0 N–H and O–H groups in total. The lowest BCUT2D eigenvalue weighted by Gasteiger charge is -2.28. The number of carbonyl (C=O) groups is 1. The third-order valence-corrected chi connectivity index (χ3v) is 4.34. The van der Waals surface area contributed by atoms with Crippen molar-refractivity contribution < 1.29 is 4.79 Å². The third kappa shape index (κ3) is 3.48. The van der Waals surface area contributed by atoms with E-state index in [9.17, 15) is 4.79 Å². The van der Waals surface area contributed by atoms with Gasteiger partial charge in [-0.25, -0.2) is 4.98 Å². The molecule has 2 aromatic rings. The Labute approximate surface area is 124 Å². The van der Waals surface area contributed by atoms with Crippen LogP contribution in [0.3, 0.4) is 0 Å². The quantitative estimate of drug-likeness (QED) is 0.820. The van der Waals surface area contributed by atoms with Crippen molar-refractivity contribution in [3.63, 3.8) is 0 Å². The summed E-state index contributed by atoms with van der Waals surface area (Å²) in [6.07, 6.45) is 4.54. The number of hydrogen-bond acceptors (Lipinski definition) is 3. The molecule has 0 fully saturated rings. The number of aromatic nitrogens is 2. The number of imidazole rings is 1. The largest absolute Gasteiger partial charge is 0.334 e. The van der Waals surface area contributed by atoms with E-state index in [0.29, 0.717) is 13.1 Å². The lowest BCUT2D eigenvalue weighted by atomic mass is 10.2. The van der Waals surface area contributed by atoms with Gasteiger partial charge in [0.2, 0.25) is 5.91 Å². The maximum Gasteiger partial charge on any atom is 0.243 e. The first-order chi connectivity index (χ1) is 9.61. The van der Waals surface area contributed by atoms with E-state index in [4.69, 9.17) is 0 Å². The highest BCUT2D eigenvalue weighted by atomic mass is 32.1. The zero-order valence-electron chi connectivity index (χ0n) is 12.2. The lowest BCUT2D eigenvalue weighted by Crippen LogP contribution is -2.39. The molecule has 0 aliphatic rings.